The van der Waals surface area contributed by atoms with Crippen molar-refractivity contribution in [2.75, 3.05) is 53.4 Å². The van der Waals surface area contributed by atoms with Crippen LogP contribution >= 0.6 is 0 Å². The number of rotatable bonds is 14. The zero-order chi connectivity index (χ0) is 18.8. The number of methoxy groups -OCH3 is 1. The Morgan fingerprint density at radius 3 is 2.04 bits per heavy atom. The molecule has 0 bridgehead atoms. The minimum atomic E-state index is -1.10. The standard InChI is InChI=1S/C10H20O6.C7H13N2/c1-13-4-5-15-8-9-16-7-6-14-3-2-10(11)12;1-3-4-9-6-5-8(2)7-9/h2-9H2,1H3,(H,11,12);5-7H,3-4H2,1-2H3/q;+1/p-1. The van der Waals surface area contributed by atoms with E-state index >= 15 is 0 Å². The number of carboxylic acids is 1. The van der Waals surface area contributed by atoms with Crippen LogP contribution in [0.25, 0.3) is 0 Å². The zero-order valence-corrected chi connectivity index (χ0v) is 15.6. The summed E-state index contributed by atoms with van der Waals surface area (Å²) in [5.74, 6) is -1.10. The second-order valence-electron chi connectivity index (χ2n) is 5.27. The highest BCUT2D eigenvalue weighted by molar-refractivity contribution is 5.64. The molecule has 146 valence electrons. The van der Waals surface area contributed by atoms with Gasteiger partial charge < -0.3 is 28.8 Å². The second kappa shape index (κ2) is 17.3. The molecule has 0 aromatic carbocycles. The fraction of sp³-hybridized carbons (Fsp3) is 0.765. The minimum Gasteiger partial charge on any atom is -0.550 e. The van der Waals surface area contributed by atoms with Gasteiger partial charge in [0, 0.05) is 19.5 Å². The van der Waals surface area contributed by atoms with Crippen LogP contribution in [-0.2, 0) is 37.3 Å². The van der Waals surface area contributed by atoms with E-state index in [-0.39, 0.29) is 13.0 Å². The van der Waals surface area contributed by atoms with E-state index in [1.807, 2.05) is 7.05 Å². The molecule has 0 fully saturated rings. The van der Waals surface area contributed by atoms with Crippen molar-refractivity contribution >= 4 is 5.97 Å². The molecular weight excluding hydrogens is 328 g/mol. The molecule has 1 aromatic rings. The van der Waals surface area contributed by atoms with Crippen molar-refractivity contribution in [2.24, 2.45) is 7.05 Å². The SMILES string of the molecule is CCCn1cc[n+](C)c1.COCCOCCOCCOCCC(=O)[O-]. The molecule has 0 aliphatic rings. The average molecular weight is 360 g/mol. The maximum atomic E-state index is 10.0. The molecule has 8 nitrogen and oxygen atoms in total. The van der Waals surface area contributed by atoms with Gasteiger partial charge in [-0.15, -0.1) is 0 Å². The van der Waals surface area contributed by atoms with Crippen LogP contribution in [0.3, 0.4) is 0 Å². The topological polar surface area (TPSA) is 85.9 Å². The lowest BCUT2D eigenvalue weighted by atomic mass is 10.5. The summed E-state index contributed by atoms with van der Waals surface area (Å²) in [7, 11) is 3.65. The van der Waals surface area contributed by atoms with Gasteiger partial charge in [-0.1, -0.05) is 6.92 Å². The molecule has 0 radical (unpaired) electrons. The lowest BCUT2D eigenvalue weighted by molar-refractivity contribution is -0.671. The fourth-order valence-electron chi connectivity index (χ4n) is 1.73. The Morgan fingerprint density at radius 2 is 1.60 bits per heavy atom. The van der Waals surface area contributed by atoms with Gasteiger partial charge >= 0.3 is 0 Å². The molecule has 0 unspecified atom stereocenters. The Labute approximate surface area is 150 Å². The molecule has 8 heteroatoms. The first-order valence-electron chi connectivity index (χ1n) is 8.53. The molecular formula is C17H32N2O6. The highest BCUT2D eigenvalue weighted by atomic mass is 16.6. The van der Waals surface area contributed by atoms with E-state index in [0.717, 1.165) is 6.54 Å². The van der Waals surface area contributed by atoms with E-state index in [1.165, 1.54) is 6.42 Å². The van der Waals surface area contributed by atoms with Crippen LogP contribution in [0.15, 0.2) is 18.7 Å². The van der Waals surface area contributed by atoms with Gasteiger partial charge in [0.2, 0.25) is 6.33 Å². The van der Waals surface area contributed by atoms with Gasteiger partial charge in [-0.2, -0.15) is 0 Å². The monoisotopic (exact) mass is 360 g/mol. The first-order valence-corrected chi connectivity index (χ1v) is 8.53. The second-order valence-corrected chi connectivity index (χ2v) is 5.27. The molecule has 0 spiro atoms. The Kier molecular flexibility index (Phi) is 16.3. The van der Waals surface area contributed by atoms with Gasteiger partial charge in [-0.25, -0.2) is 9.13 Å². The lowest BCUT2D eigenvalue weighted by Gasteiger charge is -2.06. The van der Waals surface area contributed by atoms with Gasteiger partial charge in [-0.05, 0) is 6.42 Å². The highest BCUT2D eigenvalue weighted by Crippen LogP contribution is 1.86. The van der Waals surface area contributed by atoms with Crippen LogP contribution in [0, 0.1) is 0 Å². The normalized spacial score (nSPS) is 10.4. The highest BCUT2D eigenvalue weighted by Gasteiger charge is 1.95. The van der Waals surface area contributed by atoms with Crippen LogP contribution < -0.4 is 9.67 Å². The van der Waals surface area contributed by atoms with Crippen LogP contribution in [0.1, 0.15) is 19.8 Å². The van der Waals surface area contributed by atoms with Crippen molar-refractivity contribution in [3.63, 3.8) is 0 Å². The maximum absolute atomic E-state index is 10.0. The number of nitrogens with zero attached hydrogens (tertiary/aromatic N) is 2. The molecule has 0 amide bonds. The summed E-state index contributed by atoms with van der Waals surface area (Å²) in [5, 5.41) is 10.0. The summed E-state index contributed by atoms with van der Waals surface area (Å²) in [6, 6.07) is 0. The molecule has 0 saturated carbocycles. The number of hydrogen-bond donors (Lipinski definition) is 0. The van der Waals surface area contributed by atoms with Crippen molar-refractivity contribution in [1.29, 1.82) is 0 Å². The van der Waals surface area contributed by atoms with Gasteiger partial charge in [-0.3, -0.25) is 0 Å². The molecule has 25 heavy (non-hydrogen) atoms. The Hall–Kier alpha value is -1.48. The fourth-order valence-corrected chi connectivity index (χ4v) is 1.73. The van der Waals surface area contributed by atoms with Crippen LogP contribution in [0.4, 0.5) is 0 Å². The number of carbonyl (C=O) groups excluding carboxylic acids is 1. The van der Waals surface area contributed by atoms with Crippen molar-refractivity contribution in [3.05, 3.63) is 18.7 Å². The number of carbonyl (C=O) groups is 1. The van der Waals surface area contributed by atoms with Crippen LogP contribution in [0.2, 0.25) is 0 Å². The minimum absolute atomic E-state index is 0.0832. The lowest BCUT2D eigenvalue weighted by Crippen LogP contribution is -2.24. The molecule has 0 saturated heterocycles. The molecule has 1 rings (SSSR count). The number of hydrogen-bond acceptors (Lipinski definition) is 6. The third kappa shape index (κ3) is 17.1. The summed E-state index contributed by atoms with van der Waals surface area (Å²) in [4.78, 5) is 10.0. The van der Waals surface area contributed by atoms with Gasteiger partial charge in [0.15, 0.2) is 0 Å². The summed E-state index contributed by atoms with van der Waals surface area (Å²) >= 11 is 0. The first-order chi connectivity index (χ1) is 12.1. The van der Waals surface area contributed by atoms with Crippen molar-refractivity contribution in [3.8, 4) is 0 Å². The Bertz CT molecular complexity index is 425. The molecule has 1 aromatic heterocycles. The van der Waals surface area contributed by atoms with Gasteiger partial charge in [0.25, 0.3) is 0 Å². The summed E-state index contributed by atoms with van der Waals surface area (Å²) in [6.45, 7) is 6.42. The van der Waals surface area contributed by atoms with E-state index in [2.05, 4.69) is 34.8 Å². The number of carboxylic acid groups (broad SMARTS) is 1. The van der Waals surface area contributed by atoms with E-state index < -0.39 is 5.97 Å². The molecule has 1 heterocycles. The van der Waals surface area contributed by atoms with Crippen LogP contribution in [0.5, 0.6) is 0 Å². The molecule has 0 aliphatic heterocycles. The van der Waals surface area contributed by atoms with E-state index in [0.29, 0.717) is 39.6 Å². The Morgan fingerprint density at radius 1 is 1.04 bits per heavy atom. The largest absolute Gasteiger partial charge is 0.550 e. The summed E-state index contributed by atoms with van der Waals surface area (Å²) in [5.41, 5.74) is 0. The molecule has 0 N–H and O–H groups in total. The number of aromatic nitrogens is 2. The summed E-state index contributed by atoms with van der Waals surface area (Å²) < 4.78 is 24.3. The third-order valence-electron chi connectivity index (χ3n) is 2.93. The molecule has 0 atom stereocenters. The van der Waals surface area contributed by atoms with E-state index in [1.54, 1.807) is 7.11 Å². The predicted octanol–water partition coefficient (Wildman–Crippen LogP) is -0.455. The number of aryl methyl sites for hydroxylation is 2. The predicted molar refractivity (Wildman–Crippen MR) is 89.9 cm³/mol. The maximum Gasteiger partial charge on any atom is 0.243 e. The van der Waals surface area contributed by atoms with Gasteiger partial charge in [0.1, 0.15) is 12.4 Å². The van der Waals surface area contributed by atoms with E-state index in [9.17, 15) is 9.90 Å². The van der Waals surface area contributed by atoms with Gasteiger partial charge in [0.05, 0.1) is 59.8 Å². The number of ether oxygens (including phenoxy) is 4. The van der Waals surface area contributed by atoms with Crippen LogP contribution in [-0.4, -0.2) is 63.9 Å². The average Bonchev–Trinajstić information content (AvgIpc) is 2.98. The Balaban J connectivity index is 0.000000535. The zero-order valence-electron chi connectivity index (χ0n) is 15.6. The first kappa shape index (κ1) is 23.5. The van der Waals surface area contributed by atoms with E-state index in [4.69, 9.17) is 18.9 Å². The third-order valence-corrected chi connectivity index (χ3v) is 2.93. The number of imidazole rings is 1. The summed E-state index contributed by atoms with van der Waals surface area (Å²) in [6.07, 6.45) is 7.34. The van der Waals surface area contributed by atoms with Crippen molar-refractivity contribution in [2.45, 2.75) is 26.3 Å². The van der Waals surface area contributed by atoms with Crippen molar-refractivity contribution < 1.29 is 33.4 Å². The van der Waals surface area contributed by atoms with Crippen molar-refractivity contribution in [1.82, 2.24) is 4.57 Å². The quantitative estimate of drug-likeness (QED) is 0.330. The molecule has 0 aliphatic carbocycles. The smallest absolute Gasteiger partial charge is 0.243 e. The number of aliphatic carboxylic acids is 1.